The number of carbonyl (C=O) groups excluding carboxylic acids is 1. The Hall–Kier alpha value is -0.250. The van der Waals surface area contributed by atoms with Crippen molar-refractivity contribution in [2.24, 2.45) is 0 Å². The second kappa shape index (κ2) is 4.70. The van der Waals surface area contributed by atoms with Gasteiger partial charge in [-0.15, -0.1) is 0 Å². The summed E-state index contributed by atoms with van der Waals surface area (Å²) in [6.45, 7) is 4.76. The van der Waals surface area contributed by atoms with Crippen molar-refractivity contribution in [3.05, 3.63) is 0 Å². The molecule has 0 aromatic heterocycles. The van der Waals surface area contributed by atoms with Gasteiger partial charge in [-0.05, 0) is 6.42 Å². The summed E-state index contributed by atoms with van der Waals surface area (Å²) in [6, 6.07) is 0.117. The average Bonchev–Trinajstić information content (AvgIpc) is 2.36. The van der Waals surface area contributed by atoms with Gasteiger partial charge in [0.15, 0.2) is 0 Å². The van der Waals surface area contributed by atoms with Crippen LogP contribution < -0.4 is 0 Å². The highest BCUT2D eigenvalue weighted by molar-refractivity contribution is 9.07. The number of rotatable bonds is 4. The molecule has 1 rings (SSSR count). The number of nitrogens with zero attached hydrogens (tertiary/aromatic N) is 2. The molecule has 1 heterocycles. The van der Waals surface area contributed by atoms with E-state index < -0.39 is 0 Å². The van der Waals surface area contributed by atoms with Crippen molar-refractivity contribution < 1.29 is 4.79 Å². The lowest BCUT2D eigenvalue weighted by Gasteiger charge is -2.14. The maximum absolute atomic E-state index is 11.3. The fraction of sp³-hybridized carbons (Fsp3) is 0.875. The number of amides is 2. The highest BCUT2D eigenvalue weighted by Crippen LogP contribution is 2.13. The van der Waals surface area contributed by atoms with E-state index >= 15 is 0 Å². The topological polar surface area (TPSA) is 23.6 Å². The molecule has 1 saturated heterocycles. The van der Waals surface area contributed by atoms with Crippen LogP contribution in [0.4, 0.5) is 4.79 Å². The fourth-order valence-corrected chi connectivity index (χ4v) is 1.70. The van der Waals surface area contributed by atoms with Gasteiger partial charge in [0, 0.05) is 13.1 Å². The summed E-state index contributed by atoms with van der Waals surface area (Å²) in [5, 5.41) is 0. The third-order valence-corrected chi connectivity index (χ3v) is 2.73. The third kappa shape index (κ3) is 2.37. The van der Waals surface area contributed by atoms with Crippen molar-refractivity contribution in [2.45, 2.75) is 26.2 Å². The second-order valence-electron chi connectivity index (χ2n) is 3.06. The lowest BCUT2D eigenvalue weighted by molar-refractivity contribution is 0.208. The van der Waals surface area contributed by atoms with E-state index in [0.29, 0.717) is 0 Å². The van der Waals surface area contributed by atoms with E-state index in [0.717, 1.165) is 26.1 Å². The molecule has 0 unspecified atom stereocenters. The molecule has 70 valence electrons. The van der Waals surface area contributed by atoms with Crippen LogP contribution in [0.2, 0.25) is 0 Å². The molecule has 1 aliphatic heterocycles. The Morgan fingerprint density at radius 3 is 2.67 bits per heavy atom. The van der Waals surface area contributed by atoms with Crippen molar-refractivity contribution >= 4 is 22.2 Å². The highest BCUT2D eigenvalue weighted by Gasteiger charge is 2.25. The second-order valence-corrected chi connectivity index (χ2v) is 3.92. The molecule has 1 aliphatic rings. The minimum absolute atomic E-state index is 0.117. The van der Waals surface area contributed by atoms with Crippen LogP contribution in [0.15, 0.2) is 0 Å². The Morgan fingerprint density at radius 1 is 1.42 bits per heavy atom. The Kier molecular flexibility index (Phi) is 3.85. The largest absolute Gasteiger partial charge is 0.330 e. The van der Waals surface area contributed by atoms with Gasteiger partial charge in [0.05, 0.1) is 22.7 Å². The van der Waals surface area contributed by atoms with Crippen molar-refractivity contribution in [3.8, 4) is 0 Å². The first-order valence-corrected chi connectivity index (χ1v) is 5.19. The molecule has 0 saturated carbocycles. The molecule has 4 heteroatoms. The van der Waals surface area contributed by atoms with Crippen LogP contribution in [-0.2, 0) is 0 Å². The highest BCUT2D eigenvalue weighted by atomic mass is 79.9. The minimum atomic E-state index is 0.117. The van der Waals surface area contributed by atoms with Crippen LogP contribution >= 0.6 is 16.1 Å². The van der Waals surface area contributed by atoms with E-state index in [1.807, 2.05) is 4.90 Å². The van der Waals surface area contributed by atoms with E-state index in [9.17, 15) is 4.79 Å². The number of halogens is 1. The molecule has 0 radical (unpaired) electrons. The van der Waals surface area contributed by atoms with Crippen molar-refractivity contribution in [1.29, 1.82) is 0 Å². The molecule has 0 aromatic rings. The first-order valence-electron chi connectivity index (χ1n) is 4.48. The number of unbranched alkanes of at least 4 members (excludes halogenated alkanes) is 2. The molecule has 0 atom stereocenters. The zero-order valence-corrected chi connectivity index (χ0v) is 9.01. The van der Waals surface area contributed by atoms with Gasteiger partial charge in [-0.2, -0.15) is 0 Å². The summed E-state index contributed by atoms with van der Waals surface area (Å²) in [4.78, 5) is 13.2. The fourth-order valence-electron chi connectivity index (χ4n) is 1.31. The summed E-state index contributed by atoms with van der Waals surface area (Å²) in [7, 11) is 0. The first-order chi connectivity index (χ1) is 5.75. The molecule has 0 spiro atoms. The lowest BCUT2D eigenvalue weighted by atomic mass is 10.2. The van der Waals surface area contributed by atoms with Gasteiger partial charge in [-0.3, -0.25) is 3.93 Å². The standard InChI is InChI=1S/C8H15BrN2O/c1-2-3-4-5-10-6-7-11(9)8(10)12/h2-7H2,1H3. The zero-order chi connectivity index (χ0) is 8.97. The number of carbonyl (C=O) groups is 1. The first kappa shape index (κ1) is 9.84. The molecule has 0 bridgehead atoms. The number of hydrogen-bond donors (Lipinski definition) is 0. The Bertz CT molecular complexity index is 163. The smallest absolute Gasteiger partial charge is 0.322 e. The molecule has 0 aliphatic carbocycles. The van der Waals surface area contributed by atoms with Crippen molar-refractivity contribution in [1.82, 2.24) is 8.83 Å². The van der Waals surface area contributed by atoms with E-state index in [2.05, 4.69) is 23.1 Å². The monoisotopic (exact) mass is 234 g/mol. The normalized spacial score (nSPS) is 17.7. The lowest BCUT2D eigenvalue weighted by Crippen LogP contribution is -2.28. The molecule has 0 N–H and O–H groups in total. The Balaban J connectivity index is 2.20. The van der Waals surface area contributed by atoms with E-state index in [1.54, 1.807) is 3.93 Å². The van der Waals surface area contributed by atoms with Gasteiger partial charge >= 0.3 is 6.03 Å². The summed E-state index contributed by atoms with van der Waals surface area (Å²) in [5.41, 5.74) is 0. The summed E-state index contributed by atoms with van der Waals surface area (Å²) < 4.78 is 1.60. The maximum Gasteiger partial charge on any atom is 0.330 e. The molecule has 2 amide bonds. The molecular weight excluding hydrogens is 220 g/mol. The molecule has 12 heavy (non-hydrogen) atoms. The Labute approximate surface area is 82.0 Å². The van der Waals surface area contributed by atoms with Crippen LogP contribution in [-0.4, -0.2) is 34.5 Å². The van der Waals surface area contributed by atoms with Gasteiger partial charge in [0.1, 0.15) is 0 Å². The Morgan fingerprint density at radius 2 is 2.17 bits per heavy atom. The van der Waals surface area contributed by atoms with E-state index in [-0.39, 0.29) is 6.03 Å². The van der Waals surface area contributed by atoms with Crippen LogP contribution in [0.25, 0.3) is 0 Å². The predicted molar refractivity (Wildman–Crippen MR) is 52.1 cm³/mol. The molecular formula is C8H15BrN2O. The maximum atomic E-state index is 11.3. The quantitative estimate of drug-likeness (QED) is 0.541. The average molecular weight is 235 g/mol. The van der Waals surface area contributed by atoms with Crippen LogP contribution in [0, 0.1) is 0 Å². The predicted octanol–water partition coefficient (Wildman–Crippen LogP) is 2.22. The van der Waals surface area contributed by atoms with Gasteiger partial charge in [-0.1, -0.05) is 19.8 Å². The zero-order valence-electron chi connectivity index (χ0n) is 7.42. The van der Waals surface area contributed by atoms with E-state index in [4.69, 9.17) is 0 Å². The van der Waals surface area contributed by atoms with Gasteiger partial charge in [-0.25, -0.2) is 4.79 Å². The van der Waals surface area contributed by atoms with Crippen LogP contribution in [0.5, 0.6) is 0 Å². The molecule has 0 aromatic carbocycles. The third-order valence-electron chi connectivity index (χ3n) is 2.08. The minimum Gasteiger partial charge on any atom is -0.322 e. The molecule has 1 fully saturated rings. The van der Waals surface area contributed by atoms with Crippen LogP contribution in [0.3, 0.4) is 0 Å². The number of hydrogen-bond acceptors (Lipinski definition) is 1. The van der Waals surface area contributed by atoms with Crippen molar-refractivity contribution in [2.75, 3.05) is 19.6 Å². The van der Waals surface area contributed by atoms with Crippen molar-refractivity contribution in [3.63, 3.8) is 0 Å². The summed E-state index contributed by atoms with van der Waals surface area (Å²) >= 11 is 3.20. The molecule has 3 nitrogen and oxygen atoms in total. The summed E-state index contributed by atoms with van der Waals surface area (Å²) in [5.74, 6) is 0. The summed E-state index contributed by atoms with van der Waals surface area (Å²) in [6.07, 6.45) is 3.55. The van der Waals surface area contributed by atoms with Gasteiger partial charge in [0.2, 0.25) is 0 Å². The van der Waals surface area contributed by atoms with E-state index in [1.165, 1.54) is 12.8 Å². The van der Waals surface area contributed by atoms with Gasteiger partial charge < -0.3 is 4.90 Å². The number of urea groups is 1. The van der Waals surface area contributed by atoms with Gasteiger partial charge in [0.25, 0.3) is 0 Å². The SMILES string of the molecule is CCCCCN1CCN(Br)C1=O. The van der Waals surface area contributed by atoms with Crippen LogP contribution in [0.1, 0.15) is 26.2 Å².